The number of aromatic nitrogens is 3. The second-order valence-corrected chi connectivity index (χ2v) is 1.36. The number of halogens is 1. The predicted molar refractivity (Wildman–Crippen MR) is 40.6 cm³/mol. The summed E-state index contributed by atoms with van der Waals surface area (Å²) in [5.41, 5.74) is -2.41. The van der Waals surface area contributed by atoms with Crippen LogP contribution in [0.4, 0.5) is 0 Å². The lowest BCUT2D eigenvalue weighted by Crippen LogP contribution is -2.34. The molecule has 0 spiro atoms. The van der Waals surface area contributed by atoms with E-state index in [0.29, 0.717) is 0 Å². The number of hydrogen-bond donors (Lipinski definition) is 4. The fourth-order valence-electron chi connectivity index (χ4n) is 0.403. The molecule has 11 heavy (non-hydrogen) atoms. The summed E-state index contributed by atoms with van der Waals surface area (Å²) in [5, 5.41) is 0. The third-order valence-electron chi connectivity index (χ3n) is 0.681. The zero-order valence-corrected chi connectivity index (χ0v) is 6.16. The fraction of sp³-hybridized carbons (Fsp3) is 0. The Morgan fingerprint density at radius 2 is 0.909 bits per heavy atom. The molecule has 0 fully saturated rings. The smallest absolute Gasteiger partial charge is 0.330 e. The van der Waals surface area contributed by atoms with Crippen molar-refractivity contribution >= 4 is 12.4 Å². The van der Waals surface area contributed by atoms with Gasteiger partial charge >= 0.3 is 17.1 Å². The van der Waals surface area contributed by atoms with Crippen LogP contribution in [0.25, 0.3) is 0 Å². The lowest BCUT2D eigenvalue weighted by molar-refractivity contribution is 0.888. The Bertz CT molecular complexity index is 283. The Balaban J connectivity index is 0. The molecule has 0 aliphatic rings. The Hall–Kier alpha value is -1.34. The minimum absolute atomic E-state index is 0. The molecule has 0 aromatic carbocycles. The summed E-state index contributed by atoms with van der Waals surface area (Å²) in [6.45, 7) is 0. The molecule has 0 saturated carbocycles. The molecule has 1 aromatic heterocycles. The van der Waals surface area contributed by atoms with Crippen LogP contribution >= 0.6 is 12.4 Å². The molecular weight excluding hydrogens is 176 g/mol. The molecule has 7 nitrogen and oxygen atoms in total. The molecule has 1 rings (SSSR count). The van der Waals surface area contributed by atoms with Gasteiger partial charge in [-0.3, -0.25) is 15.0 Å². The molecule has 0 saturated heterocycles. The first-order valence-corrected chi connectivity index (χ1v) is 2.11. The van der Waals surface area contributed by atoms with Gasteiger partial charge in [-0.2, -0.15) is 0 Å². The Morgan fingerprint density at radius 1 is 0.727 bits per heavy atom. The first-order valence-electron chi connectivity index (χ1n) is 2.11. The van der Waals surface area contributed by atoms with Gasteiger partial charge in [-0.05, 0) is 0 Å². The van der Waals surface area contributed by atoms with Crippen LogP contribution in [0.3, 0.4) is 0 Å². The summed E-state index contributed by atoms with van der Waals surface area (Å²) in [6.07, 6.45) is 0. The summed E-state index contributed by atoms with van der Waals surface area (Å²) in [4.78, 5) is 35.9. The van der Waals surface area contributed by atoms with Gasteiger partial charge in [-0.1, -0.05) is 0 Å². The van der Waals surface area contributed by atoms with E-state index in [9.17, 15) is 14.4 Å². The summed E-state index contributed by atoms with van der Waals surface area (Å²) < 4.78 is 0. The van der Waals surface area contributed by atoms with E-state index in [0.717, 1.165) is 0 Å². The van der Waals surface area contributed by atoms with E-state index in [1.54, 1.807) is 15.0 Å². The van der Waals surface area contributed by atoms with Crippen molar-refractivity contribution in [2.45, 2.75) is 0 Å². The second kappa shape index (κ2) is 4.47. The van der Waals surface area contributed by atoms with Crippen LogP contribution in [-0.4, -0.2) is 15.0 Å². The predicted octanol–water partition coefficient (Wildman–Crippen LogP) is -1.66. The Labute approximate surface area is 65.9 Å². The van der Waals surface area contributed by atoms with Gasteiger partial charge < -0.3 is 6.15 Å². The third kappa shape index (κ3) is 3.38. The first kappa shape index (κ1) is 12.3. The van der Waals surface area contributed by atoms with E-state index in [-0.39, 0.29) is 18.6 Å². The maximum Gasteiger partial charge on any atom is 0.330 e. The molecular formula is C3H7ClN4O3. The van der Waals surface area contributed by atoms with Gasteiger partial charge in [-0.25, -0.2) is 14.4 Å². The van der Waals surface area contributed by atoms with Crippen molar-refractivity contribution in [3.63, 3.8) is 0 Å². The molecule has 0 aliphatic carbocycles. The standard InChI is InChI=1S/C3H3N3O3.ClH.H3N/c7-1-4-2(8)6-3(9)5-1;;/h(H3,4,5,6,7,8,9);1H;1H3. The second-order valence-electron chi connectivity index (χ2n) is 1.36. The van der Waals surface area contributed by atoms with Crippen molar-refractivity contribution < 1.29 is 0 Å². The average molecular weight is 183 g/mol. The molecule has 0 unspecified atom stereocenters. The SMILES string of the molecule is Cl.N.O=c1[nH]c(=O)[nH]c(=O)[nH]1. The molecule has 64 valence electrons. The van der Waals surface area contributed by atoms with Crippen LogP contribution in [0.15, 0.2) is 14.4 Å². The number of rotatable bonds is 0. The monoisotopic (exact) mass is 182 g/mol. The highest BCUT2D eigenvalue weighted by molar-refractivity contribution is 5.85. The van der Waals surface area contributed by atoms with Crippen LogP contribution in [-0.2, 0) is 0 Å². The van der Waals surface area contributed by atoms with E-state index in [2.05, 4.69) is 0 Å². The van der Waals surface area contributed by atoms with E-state index < -0.39 is 17.1 Å². The third-order valence-corrected chi connectivity index (χ3v) is 0.681. The number of aromatic amines is 3. The van der Waals surface area contributed by atoms with E-state index in [1.165, 1.54) is 0 Å². The van der Waals surface area contributed by atoms with Gasteiger partial charge in [0.25, 0.3) is 0 Å². The van der Waals surface area contributed by atoms with Crippen molar-refractivity contribution in [3.05, 3.63) is 31.5 Å². The lowest BCUT2D eigenvalue weighted by Gasteiger charge is -1.77. The highest BCUT2D eigenvalue weighted by Gasteiger charge is 1.84. The number of H-pyrrole nitrogens is 3. The van der Waals surface area contributed by atoms with Crippen LogP contribution in [0, 0.1) is 0 Å². The average Bonchev–Trinajstić information content (AvgIpc) is 1.59. The molecule has 0 bridgehead atoms. The fourth-order valence-corrected chi connectivity index (χ4v) is 0.403. The number of nitrogens with one attached hydrogen (secondary N) is 3. The molecule has 8 heteroatoms. The topological polar surface area (TPSA) is 134 Å². The van der Waals surface area contributed by atoms with Gasteiger partial charge in [0.1, 0.15) is 0 Å². The molecule has 0 radical (unpaired) electrons. The van der Waals surface area contributed by atoms with E-state index in [1.807, 2.05) is 0 Å². The van der Waals surface area contributed by atoms with Gasteiger partial charge in [0.2, 0.25) is 0 Å². The van der Waals surface area contributed by atoms with E-state index in [4.69, 9.17) is 0 Å². The minimum atomic E-state index is -0.802. The Kier molecular flexibility index (Phi) is 5.02. The van der Waals surface area contributed by atoms with Gasteiger partial charge in [0, 0.05) is 0 Å². The van der Waals surface area contributed by atoms with E-state index >= 15 is 0 Å². The molecule has 1 heterocycles. The quantitative estimate of drug-likeness (QED) is 0.382. The highest BCUT2D eigenvalue weighted by Crippen LogP contribution is 1.29. The van der Waals surface area contributed by atoms with Crippen LogP contribution in [0.2, 0.25) is 0 Å². The van der Waals surface area contributed by atoms with Gasteiger partial charge in [0.15, 0.2) is 0 Å². The van der Waals surface area contributed by atoms with Gasteiger partial charge in [-0.15, -0.1) is 12.4 Å². The zero-order chi connectivity index (χ0) is 6.85. The van der Waals surface area contributed by atoms with Crippen molar-refractivity contribution in [2.24, 2.45) is 0 Å². The largest absolute Gasteiger partial charge is 0.344 e. The normalized spacial score (nSPS) is 7.64. The summed E-state index contributed by atoms with van der Waals surface area (Å²) in [7, 11) is 0. The minimum Gasteiger partial charge on any atom is -0.344 e. The van der Waals surface area contributed by atoms with Crippen molar-refractivity contribution in [1.82, 2.24) is 21.1 Å². The van der Waals surface area contributed by atoms with Crippen LogP contribution in [0.5, 0.6) is 0 Å². The summed E-state index contributed by atoms with van der Waals surface area (Å²) in [6, 6.07) is 0. The maximum absolute atomic E-state index is 10.2. The molecule has 6 N–H and O–H groups in total. The number of hydrogen-bond acceptors (Lipinski definition) is 4. The summed E-state index contributed by atoms with van der Waals surface area (Å²) in [5.74, 6) is 0. The van der Waals surface area contributed by atoms with Crippen molar-refractivity contribution in [1.29, 1.82) is 0 Å². The first-order chi connectivity index (χ1) is 4.18. The van der Waals surface area contributed by atoms with Crippen LogP contribution in [0.1, 0.15) is 0 Å². The van der Waals surface area contributed by atoms with Gasteiger partial charge in [0.05, 0.1) is 0 Å². The maximum atomic E-state index is 10.2. The molecule has 0 atom stereocenters. The Morgan fingerprint density at radius 3 is 1.09 bits per heavy atom. The van der Waals surface area contributed by atoms with Crippen molar-refractivity contribution in [2.75, 3.05) is 0 Å². The summed E-state index contributed by atoms with van der Waals surface area (Å²) >= 11 is 0. The highest BCUT2D eigenvalue weighted by atomic mass is 35.5. The van der Waals surface area contributed by atoms with Crippen molar-refractivity contribution in [3.8, 4) is 0 Å². The lowest BCUT2D eigenvalue weighted by atomic mass is 11.0. The zero-order valence-electron chi connectivity index (χ0n) is 5.34. The molecule has 1 aromatic rings. The molecule has 0 amide bonds. The van der Waals surface area contributed by atoms with Crippen LogP contribution < -0.4 is 23.2 Å². The molecule has 0 aliphatic heterocycles.